The van der Waals surface area contributed by atoms with Crippen molar-refractivity contribution in [3.8, 4) is 5.75 Å². The van der Waals surface area contributed by atoms with Gasteiger partial charge in [-0.25, -0.2) is 0 Å². The molecule has 0 aliphatic carbocycles. The lowest BCUT2D eigenvalue weighted by Crippen LogP contribution is -2.39. The number of hydrogen-bond donors (Lipinski definition) is 2. The van der Waals surface area contributed by atoms with Gasteiger partial charge in [-0.05, 0) is 43.9 Å². The summed E-state index contributed by atoms with van der Waals surface area (Å²) in [5.74, 6) is 0.263. The minimum absolute atomic E-state index is 0.145. The van der Waals surface area contributed by atoms with Crippen LogP contribution in [0.3, 0.4) is 0 Å². The number of ether oxygens (including phenoxy) is 2. The Kier molecular flexibility index (Phi) is 4.58. The largest absolute Gasteiger partial charge is 0.508 e. The molecule has 1 fully saturated rings. The van der Waals surface area contributed by atoms with Crippen LogP contribution in [0.1, 0.15) is 25.3 Å². The van der Waals surface area contributed by atoms with E-state index in [1.165, 1.54) is 0 Å². The molecule has 0 saturated carbocycles. The summed E-state index contributed by atoms with van der Waals surface area (Å²) < 4.78 is 11.1. The smallest absolute Gasteiger partial charge is 0.183 e. The average molecular weight is 252 g/mol. The first-order chi connectivity index (χ1) is 8.65. The third-order valence-electron chi connectivity index (χ3n) is 3.16. The number of aliphatic hydroxyl groups excluding tert-OH is 1. The van der Waals surface area contributed by atoms with Crippen LogP contribution in [-0.2, 0) is 15.9 Å². The molecule has 1 saturated heterocycles. The minimum atomic E-state index is -0.527. The number of benzene rings is 1. The van der Waals surface area contributed by atoms with Crippen molar-refractivity contribution in [1.29, 1.82) is 0 Å². The molecule has 2 rings (SSSR count). The molecule has 100 valence electrons. The predicted octanol–water partition coefficient (Wildman–Crippen LogP) is 1.84. The molecule has 0 aromatic heterocycles. The average Bonchev–Trinajstić information content (AvgIpc) is 2.36. The summed E-state index contributed by atoms with van der Waals surface area (Å²) in [4.78, 5) is 0. The summed E-state index contributed by atoms with van der Waals surface area (Å²) in [6.45, 7) is 2.49. The summed E-state index contributed by atoms with van der Waals surface area (Å²) in [6.07, 6.45) is 1.45. The van der Waals surface area contributed by atoms with E-state index in [0.717, 1.165) is 24.8 Å². The zero-order chi connectivity index (χ0) is 13.0. The fourth-order valence-electron chi connectivity index (χ4n) is 2.04. The molecule has 3 atom stereocenters. The van der Waals surface area contributed by atoms with Gasteiger partial charge in [0.2, 0.25) is 0 Å². The molecule has 0 unspecified atom stereocenters. The molecule has 0 radical (unpaired) electrons. The molecule has 2 N–H and O–H groups in total. The molecule has 1 aliphatic rings. The maximum absolute atomic E-state index is 9.74. The number of phenols is 1. The van der Waals surface area contributed by atoms with Gasteiger partial charge in [-0.15, -0.1) is 0 Å². The van der Waals surface area contributed by atoms with Crippen LogP contribution < -0.4 is 0 Å². The standard InChI is InChI=1S/C14H20O4/c1-10-2-7-13(16)14(18-10)17-9-8-11-3-5-12(15)6-4-11/h3-6,10,13-16H,2,7-9H2,1H3/t10-,13-,14+/m1/s1. The number of aliphatic hydroxyl groups is 1. The van der Waals surface area contributed by atoms with Crippen molar-refractivity contribution in [2.45, 2.75) is 44.7 Å². The Balaban J connectivity index is 1.76. The summed E-state index contributed by atoms with van der Waals surface area (Å²) in [6, 6.07) is 7.03. The lowest BCUT2D eigenvalue weighted by molar-refractivity contribution is -0.235. The summed E-state index contributed by atoms with van der Waals surface area (Å²) in [7, 11) is 0. The summed E-state index contributed by atoms with van der Waals surface area (Å²) in [5, 5.41) is 18.9. The van der Waals surface area contributed by atoms with Crippen molar-refractivity contribution >= 4 is 0 Å². The monoisotopic (exact) mass is 252 g/mol. The van der Waals surface area contributed by atoms with E-state index in [2.05, 4.69) is 0 Å². The lowest BCUT2D eigenvalue weighted by Gasteiger charge is -2.31. The highest BCUT2D eigenvalue weighted by Crippen LogP contribution is 2.20. The van der Waals surface area contributed by atoms with Crippen molar-refractivity contribution < 1.29 is 19.7 Å². The molecule has 1 aromatic carbocycles. The first kappa shape index (κ1) is 13.3. The van der Waals surface area contributed by atoms with Gasteiger partial charge in [-0.2, -0.15) is 0 Å². The topological polar surface area (TPSA) is 58.9 Å². The Morgan fingerprint density at radius 2 is 2.00 bits per heavy atom. The third-order valence-corrected chi connectivity index (χ3v) is 3.16. The van der Waals surface area contributed by atoms with E-state index in [-0.39, 0.29) is 11.9 Å². The Bertz CT molecular complexity index is 363. The molecular formula is C14H20O4. The molecule has 4 nitrogen and oxygen atoms in total. The second-order valence-corrected chi connectivity index (χ2v) is 4.75. The molecule has 0 spiro atoms. The molecule has 1 aromatic rings. The van der Waals surface area contributed by atoms with Crippen molar-refractivity contribution in [2.75, 3.05) is 6.61 Å². The fourth-order valence-corrected chi connectivity index (χ4v) is 2.04. The molecular weight excluding hydrogens is 232 g/mol. The summed E-state index contributed by atoms with van der Waals surface area (Å²) in [5.41, 5.74) is 1.09. The van der Waals surface area contributed by atoms with Crippen LogP contribution in [0.15, 0.2) is 24.3 Å². The Labute approximate surface area is 107 Å². The summed E-state index contributed by atoms with van der Waals surface area (Å²) >= 11 is 0. The molecule has 4 heteroatoms. The SMILES string of the molecule is C[C@@H]1CC[C@@H](O)[C@@H](OCCc2ccc(O)cc2)O1. The quantitative estimate of drug-likeness (QED) is 0.858. The van der Waals surface area contributed by atoms with Gasteiger partial charge >= 0.3 is 0 Å². The van der Waals surface area contributed by atoms with E-state index >= 15 is 0 Å². The van der Waals surface area contributed by atoms with Crippen LogP contribution in [0.25, 0.3) is 0 Å². The zero-order valence-corrected chi connectivity index (χ0v) is 10.6. The van der Waals surface area contributed by atoms with E-state index in [9.17, 15) is 5.11 Å². The second kappa shape index (κ2) is 6.18. The number of rotatable bonds is 4. The number of hydrogen-bond acceptors (Lipinski definition) is 4. The first-order valence-electron chi connectivity index (χ1n) is 6.38. The van der Waals surface area contributed by atoms with Gasteiger partial charge in [0.15, 0.2) is 6.29 Å². The number of aromatic hydroxyl groups is 1. The third kappa shape index (κ3) is 3.70. The number of phenolic OH excluding ortho intramolecular Hbond substituents is 1. The fraction of sp³-hybridized carbons (Fsp3) is 0.571. The Morgan fingerprint density at radius 3 is 2.72 bits per heavy atom. The van der Waals surface area contributed by atoms with Crippen LogP contribution in [0.4, 0.5) is 0 Å². The van der Waals surface area contributed by atoms with Crippen molar-refractivity contribution in [2.24, 2.45) is 0 Å². The van der Waals surface area contributed by atoms with Gasteiger partial charge < -0.3 is 19.7 Å². The lowest BCUT2D eigenvalue weighted by atomic mass is 10.1. The normalized spacial score (nSPS) is 28.2. The predicted molar refractivity (Wildman–Crippen MR) is 67.3 cm³/mol. The van der Waals surface area contributed by atoms with Crippen LogP contribution >= 0.6 is 0 Å². The van der Waals surface area contributed by atoms with Crippen molar-refractivity contribution in [3.05, 3.63) is 29.8 Å². The van der Waals surface area contributed by atoms with Crippen LogP contribution in [0.2, 0.25) is 0 Å². The molecule has 18 heavy (non-hydrogen) atoms. The highest BCUT2D eigenvalue weighted by atomic mass is 16.7. The maximum Gasteiger partial charge on any atom is 0.183 e. The molecule has 0 bridgehead atoms. The van der Waals surface area contributed by atoms with Gasteiger partial charge in [0.05, 0.1) is 12.7 Å². The van der Waals surface area contributed by atoms with Crippen LogP contribution in [0, 0.1) is 0 Å². The van der Waals surface area contributed by atoms with Crippen molar-refractivity contribution in [1.82, 2.24) is 0 Å². The van der Waals surface area contributed by atoms with Crippen molar-refractivity contribution in [3.63, 3.8) is 0 Å². The molecule has 1 aliphatic heterocycles. The van der Waals surface area contributed by atoms with Gasteiger partial charge in [0.25, 0.3) is 0 Å². The highest BCUT2D eigenvalue weighted by molar-refractivity contribution is 5.25. The van der Waals surface area contributed by atoms with Gasteiger partial charge in [-0.3, -0.25) is 0 Å². The molecule has 1 heterocycles. The first-order valence-corrected chi connectivity index (χ1v) is 6.38. The molecule has 0 amide bonds. The Morgan fingerprint density at radius 1 is 1.28 bits per heavy atom. The van der Waals surface area contributed by atoms with E-state index < -0.39 is 12.4 Å². The van der Waals surface area contributed by atoms with Gasteiger partial charge in [0.1, 0.15) is 11.9 Å². The minimum Gasteiger partial charge on any atom is -0.508 e. The van der Waals surface area contributed by atoms with E-state index in [1.807, 2.05) is 19.1 Å². The zero-order valence-electron chi connectivity index (χ0n) is 10.6. The van der Waals surface area contributed by atoms with Crippen LogP contribution in [0.5, 0.6) is 5.75 Å². The van der Waals surface area contributed by atoms with E-state index in [1.54, 1.807) is 12.1 Å². The van der Waals surface area contributed by atoms with Gasteiger partial charge in [-0.1, -0.05) is 12.1 Å². The van der Waals surface area contributed by atoms with E-state index in [0.29, 0.717) is 6.61 Å². The maximum atomic E-state index is 9.74. The van der Waals surface area contributed by atoms with Crippen LogP contribution in [-0.4, -0.2) is 35.3 Å². The van der Waals surface area contributed by atoms with Gasteiger partial charge in [0, 0.05) is 0 Å². The second-order valence-electron chi connectivity index (χ2n) is 4.75. The Hall–Kier alpha value is -1.10. The highest BCUT2D eigenvalue weighted by Gasteiger charge is 2.28. The van der Waals surface area contributed by atoms with E-state index in [4.69, 9.17) is 14.6 Å².